The maximum absolute atomic E-state index is 2.51. The van der Waals surface area contributed by atoms with E-state index in [9.17, 15) is 0 Å². The summed E-state index contributed by atoms with van der Waals surface area (Å²) in [5.41, 5.74) is 7.44. The first-order chi connectivity index (χ1) is 15.9. The molecule has 5 rings (SSSR count). The fourth-order valence-corrected chi connectivity index (χ4v) is 4.53. The van der Waals surface area contributed by atoms with Crippen LogP contribution >= 0.6 is 0 Å². The molecule has 0 aliphatic carbocycles. The highest BCUT2D eigenvalue weighted by molar-refractivity contribution is 6.02. The van der Waals surface area contributed by atoms with Crippen LogP contribution in [0.3, 0.4) is 0 Å². The molecule has 0 aromatic heterocycles. The van der Waals surface area contributed by atoms with Crippen LogP contribution in [0.25, 0.3) is 11.4 Å². The van der Waals surface area contributed by atoms with Gasteiger partial charge in [0.05, 0.1) is 11.4 Å². The maximum Gasteiger partial charge on any atom is 0.0731 e. The van der Waals surface area contributed by atoms with Crippen molar-refractivity contribution in [2.24, 2.45) is 0 Å². The van der Waals surface area contributed by atoms with Gasteiger partial charge in [-0.05, 0) is 37.1 Å². The van der Waals surface area contributed by atoms with Crippen LogP contribution in [-0.4, -0.2) is 13.1 Å². The van der Waals surface area contributed by atoms with Gasteiger partial charge in [-0.15, -0.1) is 0 Å². The van der Waals surface area contributed by atoms with Crippen molar-refractivity contribution in [1.29, 1.82) is 0 Å². The Bertz CT molecular complexity index is 1060. The predicted molar refractivity (Wildman–Crippen MR) is 137 cm³/mol. The summed E-state index contributed by atoms with van der Waals surface area (Å²) in [5.74, 6) is 0. The lowest BCUT2D eigenvalue weighted by Gasteiger charge is -2.38. The van der Waals surface area contributed by atoms with Crippen molar-refractivity contribution in [3.05, 3.63) is 132 Å². The fraction of sp³-hybridized carbons (Fsp3) is 0.133. The smallest absolute Gasteiger partial charge is 0.0731 e. The molecule has 4 aromatic carbocycles. The summed E-state index contributed by atoms with van der Waals surface area (Å²) in [6, 6.07) is 43.3. The SMILES string of the molecule is c1ccc(C2=C(c3ccccc3)N(c3ccccc3)CCCCN2c2ccccc2)cc1. The molecule has 0 unspecified atom stereocenters. The summed E-state index contributed by atoms with van der Waals surface area (Å²) < 4.78 is 0. The number of anilines is 2. The Balaban J connectivity index is 1.83. The summed E-state index contributed by atoms with van der Waals surface area (Å²) in [6.07, 6.45) is 2.27. The second kappa shape index (κ2) is 9.57. The number of benzene rings is 4. The van der Waals surface area contributed by atoms with E-state index in [0.29, 0.717) is 0 Å². The van der Waals surface area contributed by atoms with Gasteiger partial charge in [0.2, 0.25) is 0 Å². The van der Waals surface area contributed by atoms with E-state index in [0.717, 1.165) is 25.9 Å². The molecule has 0 radical (unpaired) electrons. The van der Waals surface area contributed by atoms with Crippen molar-refractivity contribution in [3.63, 3.8) is 0 Å². The van der Waals surface area contributed by atoms with Crippen molar-refractivity contribution in [2.75, 3.05) is 22.9 Å². The van der Waals surface area contributed by atoms with Gasteiger partial charge in [-0.2, -0.15) is 0 Å². The predicted octanol–water partition coefficient (Wildman–Crippen LogP) is 7.32. The minimum Gasteiger partial charge on any atom is -0.339 e. The molecule has 0 bridgehead atoms. The molecule has 2 heteroatoms. The van der Waals surface area contributed by atoms with Crippen molar-refractivity contribution < 1.29 is 0 Å². The zero-order chi connectivity index (χ0) is 21.6. The number of hydrogen-bond donors (Lipinski definition) is 0. The Morgan fingerprint density at radius 1 is 0.375 bits per heavy atom. The van der Waals surface area contributed by atoms with E-state index in [1.807, 2.05) is 0 Å². The van der Waals surface area contributed by atoms with Gasteiger partial charge in [0.25, 0.3) is 0 Å². The zero-order valence-corrected chi connectivity index (χ0v) is 18.3. The van der Waals surface area contributed by atoms with E-state index < -0.39 is 0 Å². The highest BCUT2D eigenvalue weighted by Crippen LogP contribution is 2.39. The molecular formula is C30H28N2. The summed E-state index contributed by atoms with van der Waals surface area (Å²) in [5, 5.41) is 0. The van der Waals surface area contributed by atoms with Gasteiger partial charge in [0.15, 0.2) is 0 Å². The van der Waals surface area contributed by atoms with E-state index in [1.54, 1.807) is 0 Å². The number of para-hydroxylation sites is 2. The zero-order valence-electron chi connectivity index (χ0n) is 18.3. The Hall–Kier alpha value is -3.78. The quantitative estimate of drug-likeness (QED) is 0.344. The number of hydrogen-bond acceptors (Lipinski definition) is 2. The molecule has 32 heavy (non-hydrogen) atoms. The summed E-state index contributed by atoms with van der Waals surface area (Å²) in [4.78, 5) is 5.01. The Labute approximate surface area is 191 Å². The molecule has 0 atom stereocenters. The van der Waals surface area contributed by atoms with Crippen molar-refractivity contribution >= 4 is 22.8 Å². The molecule has 1 heterocycles. The van der Waals surface area contributed by atoms with Crippen LogP contribution in [0, 0.1) is 0 Å². The summed E-state index contributed by atoms with van der Waals surface area (Å²) >= 11 is 0. The van der Waals surface area contributed by atoms with Crippen LogP contribution in [0.2, 0.25) is 0 Å². The van der Waals surface area contributed by atoms with Crippen LogP contribution in [0.1, 0.15) is 24.0 Å². The van der Waals surface area contributed by atoms with E-state index in [2.05, 4.69) is 131 Å². The van der Waals surface area contributed by atoms with E-state index in [1.165, 1.54) is 33.9 Å². The molecule has 0 spiro atoms. The average Bonchev–Trinajstić information content (AvgIpc) is 2.86. The Morgan fingerprint density at radius 3 is 1.03 bits per heavy atom. The molecule has 0 fully saturated rings. The molecule has 4 aromatic rings. The highest BCUT2D eigenvalue weighted by atomic mass is 15.2. The van der Waals surface area contributed by atoms with Crippen LogP contribution < -0.4 is 9.80 Å². The van der Waals surface area contributed by atoms with E-state index in [-0.39, 0.29) is 0 Å². The molecule has 1 aliphatic heterocycles. The molecule has 0 saturated heterocycles. The van der Waals surface area contributed by atoms with Crippen molar-refractivity contribution in [3.8, 4) is 0 Å². The topological polar surface area (TPSA) is 6.48 Å². The molecule has 0 N–H and O–H groups in total. The largest absolute Gasteiger partial charge is 0.339 e. The lowest BCUT2D eigenvalue weighted by atomic mass is 9.99. The van der Waals surface area contributed by atoms with Crippen molar-refractivity contribution in [1.82, 2.24) is 0 Å². The minimum atomic E-state index is 0.993. The first-order valence-corrected chi connectivity index (χ1v) is 11.4. The van der Waals surface area contributed by atoms with E-state index >= 15 is 0 Å². The second-order valence-electron chi connectivity index (χ2n) is 8.11. The molecule has 0 saturated carbocycles. The normalized spacial score (nSPS) is 14.8. The molecule has 158 valence electrons. The van der Waals surface area contributed by atoms with Gasteiger partial charge in [0, 0.05) is 35.6 Å². The minimum absolute atomic E-state index is 0.993. The van der Waals surface area contributed by atoms with Gasteiger partial charge in [0.1, 0.15) is 0 Å². The van der Waals surface area contributed by atoms with Crippen LogP contribution in [0.15, 0.2) is 121 Å². The lowest BCUT2D eigenvalue weighted by Crippen LogP contribution is -2.33. The number of nitrogens with zero attached hydrogens (tertiary/aromatic N) is 2. The second-order valence-corrected chi connectivity index (χ2v) is 8.11. The molecule has 0 amide bonds. The lowest BCUT2D eigenvalue weighted by molar-refractivity contribution is 0.722. The Morgan fingerprint density at radius 2 is 0.688 bits per heavy atom. The standard InChI is InChI=1S/C30H28N2/c1-5-15-25(16-6-1)29-30(26-17-7-2-8-18-26)32(28-21-11-4-12-22-28)24-14-13-23-31(29)27-19-9-3-10-20-27/h1-12,15-22H,13-14,23-24H2. The van der Waals surface area contributed by atoms with Crippen LogP contribution in [0.4, 0.5) is 11.4 Å². The van der Waals surface area contributed by atoms with Crippen LogP contribution in [-0.2, 0) is 0 Å². The van der Waals surface area contributed by atoms with Gasteiger partial charge in [-0.3, -0.25) is 0 Å². The third kappa shape index (κ3) is 4.17. The van der Waals surface area contributed by atoms with Gasteiger partial charge in [-0.1, -0.05) is 97.1 Å². The van der Waals surface area contributed by atoms with Crippen molar-refractivity contribution in [2.45, 2.75) is 12.8 Å². The molecular weight excluding hydrogens is 388 g/mol. The number of rotatable bonds is 4. The van der Waals surface area contributed by atoms with Gasteiger partial charge < -0.3 is 9.80 Å². The highest BCUT2D eigenvalue weighted by Gasteiger charge is 2.26. The summed E-state index contributed by atoms with van der Waals surface area (Å²) in [6.45, 7) is 1.99. The fourth-order valence-electron chi connectivity index (χ4n) is 4.53. The first-order valence-electron chi connectivity index (χ1n) is 11.4. The van der Waals surface area contributed by atoms with Gasteiger partial charge >= 0.3 is 0 Å². The monoisotopic (exact) mass is 416 g/mol. The molecule has 2 nitrogen and oxygen atoms in total. The third-order valence-corrected chi connectivity index (χ3v) is 6.01. The van der Waals surface area contributed by atoms with E-state index in [4.69, 9.17) is 0 Å². The average molecular weight is 417 g/mol. The summed E-state index contributed by atoms with van der Waals surface area (Å²) in [7, 11) is 0. The third-order valence-electron chi connectivity index (χ3n) is 6.01. The maximum atomic E-state index is 2.51. The Kier molecular flexibility index (Phi) is 6.02. The van der Waals surface area contributed by atoms with Gasteiger partial charge in [-0.25, -0.2) is 0 Å². The van der Waals surface area contributed by atoms with Crippen LogP contribution in [0.5, 0.6) is 0 Å². The molecule has 1 aliphatic rings. The first kappa shape index (κ1) is 20.1.